The number of hydrogen-bond donors (Lipinski definition) is 1. The van der Waals surface area contributed by atoms with Crippen LogP contribution in [0.3, 0.4) is 0 Å². The van der Waals surface area contributed by atoms with Gasteiger partial charge in [0, 0.05) is 7.05 Å². The molecule has 2 heterocycles. The van der Waals surface area contributed by atoms with E-state index in [4.69, 9.17) is 23.2 Å². The first kappa shape index (κ1) is 18.7. The summed E-state index contributed by atoms with van der Waals surface area (Å²) in [5.41, 5.74) is 1.80. The molecule has 1 N–H and O–H groups in total. The summed E-state index contributed by atoms with van der Waals surface area (Å²) in [6.45, 7) is 3.69. The maximum absolute atomic E-state index is 12.6. The number of anilines is 1. The molecule has 1 aromatic carbocycles. The van der Waals surface area contributed by atoms with Crippen LogP contribution in [0.25, 0.3) is 0 Å². The molecule has 0 radical (unpaired) electrons. The molecule has 0 unspecified atom stereocenters. The van der Waals surface area contributed by atoms with Gasteiger partial charge in [-0.2, -0.15) is 10.1 Å². The highest BCUT2D eigenvalue weighted by molar-refractivity contribution is 7.92. The van der Waals surface area contributed by atoms with E-state index in [1.807, 2.05) is 6.07 Å². The van der Waals surface area contributed by atoms with Crippen LogP contribution in [0.1, 0.15) is 17.0 Å². The predicted octanol–water partition coefficient (Wildman–Crippen LogP) is 2.78. The Balaban J connectivity index is 1.80. The van der Waals surface area contributed by atoms with Gasteiger partial charge in [0.1, 0.15) is 11.2 Å². The highest BCUT2D eigenvalue weighted by atomic mass is 35.5. The number of benzene rings is 1. The second kappa shape index (κ2) is 6.90. The minimum atomic E-state index is -3.84. The van der Waals surface area contributed by atoms with Crippen molar-refractivity contribution in [2.75, 3.05) is 4.72 Å². The van der Waals surface area contributed by atoms with Crippen LogP contribution >= 0.6 is 23.2 Å². The van der Waals surface area contributed by atoms with Gasteiger partial charge in [0.05, 0.1) is 28.0 Å². The van der Waals surface area contributed by atoms with E-state index in [9.17, 15) is 8.42 Å². The van der Waals surface area contributed by atoms with E-state index in [2.05, 4.69) is 19.9 Å². The number of aromatic nitrogens is 5. The van der Waals surface area contributed by atoms with Gasteiger partial charge in [-0.05, 0) is 31.5 Å². The first-order valence-electron chi connectivity index (χ1n) is 7.54. The highest BCUT2D eigenvalue weighted by Gasteiger charge is 2.25. The molecule has 0 fully saturated rings. The van der Waals surface area contributed by atoms with Gasteiger partial charge in [0.15, 0.2) is 0 Å². The van der Waals surface area contributed by atoms with Crippen molar-refractivity contribution in [2.24, 2.45) is 7.05 Å². The first-order chi connectivity index (χ1) is 12.2. The molecule has 0 spiro atoms. The van der Waals surface area contributed by atoms with Crippen molar-refractivity contribution >= 4 is 39.2 Å². The Labute approximate surface area is 160 Å². The van der Waals surface area contributed by atoms with Gasteiger partial charge in [-0.1, -0.05) is 29.3 Å². The van der Waals surface area contributed by atoms with Crippen LogP contribution in [-0.2, 0) is 23.6 Å². The minimum absolute atomic E-state index is 0.0206. The summed E-state index contributed by atoms with van der Waals surface area (Å²) in [5, 5.41) is 9.17. The van der Waals surface area contributed by atoms with E-state index in [0.717, 1.165) is 5.56 Å². The lowest BCUT2D eigenvalue weighted by atomic mass is 10.2. The number of halogens is 2. The number of rotatable bonds is 5. The molecule has 0 atom stereocenters. The Kier molecular flexibility index (Phi) is 4.96. The van der Waals surface area contributed by atoms with Crippen molar-refractivity contribution < 1.29 is 8.42 Å². The van der Waals surface area contributed by atoms with Crippen molar-refractivity contribution in [1.82, 2.24) is 24.5 Å². The molecular formula is C15H16Cl2N6O2S. The second-order valence-corrected chi connectivity index (χ2v) is 8.18. The topological polar surface area (TPSA) is 94.7 Å². The molecule has 0 saturated heterocycles. The number of nitrogens with one attached hydrogen (secondary N) is 1. The molecule has 26 heavy (non-hydrogen) atoms. The van der Waals surface area contributed by atoms with Gasteiger partial charge in [-0.15, -0.1) is 5.10 Å². The molecule has 11 heteroatoms. The monoisotopic (exact) mass is 414 g/mol. The fraction of sp³-hybridized carbons (Fsp3) is 0.267. The Morgan fingerprint density at radius 2 is 1.88 bits per heavy atom. The summed E-state index contributed by atoms with van der Waals surface area (Å²) < 4.78 is 30.6. The van der Waals surface area contributed by atoms with Gasteiger partial charge >= 0.3 is 0 Å². The summed E-state index contributed by atoms with van der Waals surface area (Å²) in [6.07, 6.45) is 1.43. The smallest absolute Gasteiger partial charge is 0.267 e. The van der Waals surface area contributed by atoms with Crippen molar-refractivity contribution in [2.45, 2.75) is 25.3 Å². The van der Waals surface area contributed by atoms with Crippen LogP contribution in [0.15, 0.2) is 29.4 Å². The van der Waals surface area contributed by atoms with Crippen molar-refractivity contribution in [3.8, 4) is 0 Å². The molecule has 0 aliphatic rings. The zero-order valence-corrected chi connectivity index (χ0v) is 16.6. The predicted molar refractivity (Wildman–Crippen MR) is 99.1 cm³/mol. The normalized spacial score (nSPS) is 11.7. The third kappa shape index (κ3) is 3.69. The third-order valence-electron chi connectivity index (χ3n) is 3.80. The van der Waals surface area contributed by atoms with E-state index in [1.165, 1.54) is 15.7 Å². The van der Waals surface area contributed by atoms with Gasteiger partial charge in [0.2, 0.25) is 0 Å². The molecule has 0 aliphatic carbocycles. The van der Waals surface area contributed by atoms with Crippen molar-refractivity contribution in [3.05, 3.63) is 51.5 Å². The number of aryl methyl sites for hydroxylation is 2. The van der Waals surface area contributed by atoms with E-state index in [-0.39, 0.29) is 10.8 Å². The molecule has 0 amide bonds. The number of sulfonamides is 1. The largest absolute Gasteiger partial charge is 0.271 e. The van der Waals surface area contributed by atoms with E-state index >= 15 is 0 Å². The van der Waals surface area contributed by atoms with Gasteiger partial charge in [0.25, 0.3) is 16.0 Å². The first-order valence-corrected chi connectivity index (χ1v) is 9.77. The average Bonchev–Trinajstić information content (AvgIpc) is 3.07. The Morgan fingerprint density at radius 3 is 2.50 bits per heavy atom. The molecule has 8 nitrogen and oxygen atoms in total. The summed E-state index contributed by atoms with van der Waals surface area (Å²) in [4.78, 5) is 4.13. The second-order valence-electron chi connectivity index (χ2n) is 5.74. The number of nitrogens with zero attached hydrogens (tertiary/aromatic N) is 5. The molecule has 2 aromatic heterocycles. The summed E-state index contributed by atoms with van der Waals surface area (Å²) in [5.74, 6) is -0.0206. The number of hydrogen-bond acceptors (Lipinski definition) is 5. The molecular weight excluding hydrogens is 399 g/mol. The molecule has 3 aromatic rings. The molecule has 0 aliphatic heterocycles. The van der Waals surface area contributed by atoms with Crippen LogP contribution in [0, 0.1) is 13.8 Å². The molecule has 138 valence electrons. The Hall–Kier alpha value is -2.10. The lowest BCUT2D eigenvalue weighted by molar-refractivity contribution is 0.599. The lowest BCUT2D eigenvalue weighted by Gasteiger charge is -2.05. The Bertz CT molecular complexity index is 1070. The van der Waals surface area contributed by atoms with E-state index < -0.39 is 10.0 Å². The fourth-order valence-corrected chi connectivity index (χ4v) is 4.26. The lowest BCUT2D eigenvalue weighted by Crippen LogP contribution is -2.16. The van der Waals surface area contributed by atoms with Gasteiger partial charge < -0.3 is 0 Å². The summed E-state index contributed by atoms with van der Waals surface area (Å²) >= 11 is 11.9. The quantitative estimate of drug-likeness (QED) is 0.692. The van der Waals surface area contributed by atoms with Crippen LogP contribution in [0.2, 0.25) is 10.0 Å². The van der Waals surface area contributed by atoms with Crippen molar-refractivity contribution in [3.63, 3.8) is 0 Å². The fourth-order valence-electron chi connectivity index (χ4n) is 2.56. The van der Waals surface area contributed by atoms with Crippen LogP contribution in [0.5, 0.6) is 0 Å². The van der Waals surface area contributed by atoms with Gasteiger partial charge in [-0.3, -0.25) is 4.68 Å². The average molecular weight is 415 g/mol. The maximum Gasteiger partial charge on any atom is 0.267 e. The van der Waals surface area contributed by atoms with E-state index in [1.54, 1.807) is 33.0 Å². The van der Waals surface area contributed by atoms with Crippen LogP contribution < -0.4 is 4.72 Å². The maximum atomic E-state index is 12.6. The van der Waals surface area contributed by atoms with Gasteiger partial charge in [-0.25, -0.2) is 17.8 Å². The van der Waals surface area contributed by atoms with Crippen LogP contribution in [0.4, 0.5) is 5.95 Å². The van der Waals surface area contributed by atoms with Crippen LogP contribution in [-0.4, -0.2) is 33.0 Å². The highest BCUT2D eigenvalue weighted by Crippen LogP contribution is 2.23. The molecule has 0 saturated carbocycles. The Morgan fingerprint density at radius 1 is 1.15 bits per heavy atom. The summed E-state index contributed by atoms with van der Waals surface area (Å²) in [6, 6.07) is 5.22. The van der Waals surface area contributed by atoms with E-state index in [0.29, 0.717) is 28.0 Å². The zero-order chi connectivity index (χ0) is 19.1. The minimum Gasteiger partial charge on any atom is -0.271 e. The SMILES string of the molecule is Cc1nn(C)c(C)c1S(=O)(=O)Nc1ncn(Cc2ccc(Cl)c(Cl)c2)n1. The molecule has 3 rings (SSSR count). The standard InChI is InChI=1S/C15H16Cl2N6O2S/c1-9-14(10(2)22(3)19-9)26(24,25)21-15-18-8-23(20-15)7-11-4-5-12(16)13(17)6-11/h4-6,8H,7H2,1-3H3,(H,20,21). The van der Waals surface area contributed by atoms with Crippen molar-refractivity contribution in [1.29, 1.82) is 0 Å². The third-order valence-corrected chi connectivity index (χ3v) is 6.12. The zero-order valence-electron chi connectivity index (χ0n) is 14.2. The summed E-state index contributed by atoms with van der Waals surface area (Å²) in [7, 11) is -2.15. The molecule has 0 bridgehead atoms.